The first-order valence-electron chi connectivity index (χ1n) is 8.97. The van der Waals surface area contributed by atoms with Crippen LogP contribution in [0.4, 0.5) is 5.69 Å². The quantitative estimate of drug-likeness (QED) is 0.718. The van der Waals surface area contributed by atoms with E-state index in [1.807, 2.05) is 25.1 Å². The molecule has 0 saturated carbocycles. The minimum atomic E-state index is -3.77. The lowest BCUT2D eigenvalue weighted by molar-refractivity contribution is -0.119. The van der Waals surface area contributed by atoms with E-state index >= 15 is 0 Å². The molecule has 6 heteroatoms. The number of anilines is 1. The van der Waals surface area contributed by atoms with Gasteiger partial charge in [0.05, 0.1) is 0 Å². The highest BCUT2D eigenvalue weighted by Crippen LogP contribution is 2.30. The second-order valence-electron chi connectivity index (χ2n) is 6.81. The Hall–Kier alpha value is -1.92. The number of hydrogen-bond acceptors (Lipinski definition) is 4. The van der Waals surface area contributed by atoms with Crippen LogP contribution in [-0.4, -0.2) is 32.0 Å². The van der Waals surface area contributed by atoms with Gasteiger partial charge < -0.3 is 4.90 Å². The maximum absolute atomic E-state index is 12.4. The molecular weight excluding hydrogens is 348 g/mol. The second kappa shape index (κ2) is 8.64. The molecule has 0 aliphatic heterocycles. The van der Waals surface area contributed by atoms with Crippen molar-refractivity contribution in [2.75, 3.05) is 18.0 Å². The molecule has 2 N–H and O–H groups in total. The standard InChI is InChI=1S/C20H28N2O3S/c1-3-22(18-9-7-8-17(2)16-18)15-11-19(23)10-14-20(26(21,24)25)12-5-4-6-13-20/h4-9,12,16H,3,10-11,13-15H2,1-2H3,(H2,21,24,25)/t20-/m0/s1. The number of carbonyl (C=O) groups is 1. The molecule has 0 heterocycles. The van der Waals surface area contributed by atoms with Crippen molar-refractivity contribution in [3.63, 3.8) is 0 Å². The zero-order chi connectivity index (χ0) is 19.2. The fourth-order valence-corrected chi connectivity index (χ4v) is 4.20. The van der Waals surface area contributed by atoms with E-state index in [2.05, 4.69) is 17.9 Å². The molecule has 0 saturated heterocycles. The van der Waals surface area contributed by atoms with E-state index in [0.717, 1.165) is 12.2 Å². The van der Waals surface area contributed by atoms with Gasteiger partial charge in [-0.2, -0.15) is 0 Å². The van der Waals surface area contributed by atoms with E-state index in [1.165, 1.54) is 5.56 Å². The number of rotatable bonds is 9. The topological polar surface area (TPSA) is 80.5 Å². The van der Waals surface area contributed by atoms with Crippen molar-refractivity contribution in [1.82, 2.24) is 0 Å². The Balaban J connectivity index is 1.94. The van der Waals surface area contributed by atoms with Crippen LogP contribution in [0.5, 0.6) is 0 Å². The molecule has 142 valence electrons. The molecule has 26 heavy (non-hydrogen) atoms. The lowest BCUT2D eigenvalue weighted by atomic mass is 9.93. The van der Waals surface area contributed by atoms with Gasteiger partial charge in [-0.05, 0) is 44.4 Å². The third-order valence-corrected chi connectivity index (χ3v) is 6.55. The van der Waals surface area contributed by atoms with Gasteiger partial charge in [0.25, 0.3) is 0 Å². The average Bonchev–Trinajstić information content (AvgIpc) is 2.60. The number of aryl methyl sites for hydroxylation is 1. The van der Waals surface area contributed by atoms with Gasteiger partial charge in [0.2, 0.25) is 10.0 Å². The lowest BCUT2D eigenvalue weighted by Crippen LogP contribution is -2.42. The van der Waals surface area contributed by atoms with Crippen molar-refractivity contribution in [3.05, 3.63) is 54.1 Å². The van der Waals surface area contributed by atoms with Gasteiger partial charge in [-0.3, -0.25) is 4.79 Å². The molecule has 1 atom stereocenters. The third kappa shape index (κ3) is 5.05. The fourth-order valence-electron chi connectivity index (χ4n) is 3.21. The summed E-state index contributed by atoms with van der Waals surface area (Å²) >= 11 is 0. The van der Waals surface area contributed by atoms with Crippen LogP contribution in [0, 0.1) is 6.92 Å². The minimum Gasteiger partial charge on any atom is -0.371 e. The van der Waals surface area contributed by atoms with Crippen molar-refractivity contribution in [2.24, 2.45) is 5.14 Å². The monoisotopic (exact) mass is 376 g/mol. The number of ketones is 1. The molecule has 1 aromatic rings. The third-order valence-electron chi connectivity index (χ3n) is 4.91. The number of nitrogens with two attached hydrogens (primary N) is 1. The smallest absolute Gasteiger partial charge is 0.218 e. The van der Waals surface area contributed by atoms with Gasteiger partial charge in [0.1, 0.15) is 10.5 Å². The number of sulfonamides is 1. The summed E-state index contributed by atoms with van der Waals surface area (Å²) in [7, 11) is -3.77. The van der Waals surface area contributed by atoms with Crippen LogP contribution in [0.25, 0.3) is 0 Å². The molecule has 0 fully saturated rings. The first kappa shape index (κ1) is 20.4. The molecule has 1 aromatic carbocycles. The minimum absolute atomic E-state index is 0.0575. The largest absolute Gasteiger partial charge is 0.371 e. The summed E-state index contributed by atoms with van der Waals surface area (Å²) in [6.45, 7) is 5.53. The van der Waals surface area contributed by atoms with E-state index < -0.39 is 14.8 Å². The van der Waals surface area contributed by atoms with Crippen LogP contribution in [0.2, 0.25) is 0 Å². The Morgan fingerprint density at radius 2 is 2.04 bits per heavy atom. The molecule has 1 aliphatic rings. The van der Waals surface area contributed by atoms with Gasteiger partial charge in [-0.1, -0.05) is 36.4 Å². The molecule has 0 unspecified atom stereocenters. The summed E-state index contributed by atoms with van der Waals surface area (Å²) < 4.78 is 22.9. The molecule has 0 amide bonds. The van der Waals surface area contributed by atoms with Crippen LogP contribution >= 0.6 is 0 Å². The van der Waals surface area contributed by atoms with Crippen molar-refractivity contribution in [1.29, 1.82) is 0 Å². The van der Waals surface area contributed by atoms with Gasteiger partial charge in [-0.25, -0.2) is 13.6 Å². The normalized spacial score (nSPS) is 19.5. The fraction of sp³-hybridized carbons (Fsp3) is 0.450. The Morgan fingerprint density at radius 1 is 1.27 bits per heavy atom. The molecule has 2 rings (SSSR count). The number of carbonyl (C=O) groups excluding carboxylic acids is 1. The first-order valence-corrected chi connectivity index (χ1v) is 10.5. The summed E-state index contributed by atoms with van der Waals surface area (Å²) in [4.78, 5) is 14.5. The molecule has 0 spiro atoms. The van der Waals surface area contributed by atoms with Gasteiger partial charge in [-0.15, -0.1) is 0 Å². The SMILES string of the molecule is CCN(CCC(=O)CC[C@]1(S(N)(=O)=O)C=CC=CC1)c1cccc(C)c1. The number of primary sulfonamides is 1. The number of benzene rings is 1. The van der Waals surface area contributed by atoms with Crippen LogP contribution in [0.3, 0.4) is 0 Å². The van der Waals surface area contributed by atoms with Crippen molar-refractivity contribution < 1.29 is 13.2 Å². The number of hydrogen-bond donors (Lipinski definition) is 1. The maximum atomic E-state index is 12.4. The van der Waals surface area contributed by atoms with E-state index in [1.54, 1.807) is 24.3 Å². The average molecular weight is 377 g/mol. The highest BCUT2D eigenvalue weighted by molar-refractivity contribution is 7.90. The van der Waals surface area contributed by atoms with E-state index in [4.69, 9.17) is 5.14 Å². The maximum Gasteiger partial charge on any atom is 0.218 e. The number of nitrogens with zero attached hydrogens (tertiary/aromatic N) is 1. The van der Waals surface area contributed by atoms with Gasteiger partial charge in [0.15, 0.2) is 0 Å². The van der Waals surface area contributed by atoms with Crippen LogP contribution in [-0.2, 0) is 14.8 Å². The highest BCUT2D eigenvalue weighted by Gasteiger charge is 2.38. The van der Waals surface area contributed by atoms with Gasteiger partial charge >= 0.3 is 0 Å². The first-order chi connectivity index (χ1) is 12.3. The predicted molar refractivity (Wildman–Crippen MR) is 107 cm³/mol. The highest BCUT2D eigenvalue weighted by atomic mass is 32.2. The van der Waals surface area contributed by atoms with Crippen molar-refractivity contribution >= 4 is 21.5 Å². The zero-order valence-electron chi connectivity index (χ0n) is 15.5. The summed E-state index contributed by atoms with van der Waals surface area (Å²) in [5, 5.41) is 5.43. The Labute approximate surface area is 156 Å². The summed E-state index contributed by atoms with van der Waals surface area (Å²) in [5.41, 5.74) is 2.28. The lowest BCUT2D eigenvalue weighted by Gasteiger charge is -2.28. The van der Waals surface area contributed by atoms with Gasteiger partial charge in [0, 0.05) is 31.6 Å². The Morgan fingerprint density at radius 3 is 2.62 bits per heavy atom. The number of allylic oxidation sites excluding steroid dienone is 3. The molecule has 5 nitrogen and oxygen atoms in total. The molecule has 1 aliphatic carbocycles. The molecule has 0 radical (unpaired) electrons. The molecular formula is C20H28N2O3S. The summed E-state index contributed by atoms with van der Waals surface area (Å²) in [6.07, 6.45) is 8.03. The Bertz CT molecular complexity index is 799. The van der Waals surface area contributed by atoms with Crippen LogP contribution in [0.1, 0.15) is 38.2 Å². The zero-order valence-corrected chi connectivity index (χ0v) is 16.3. The van der Waals surface area contributed by atoms with Crippen molar-refractivity contribution in [3.8, 4) is 0 Å². The molecule has 0 bridgehead atoms. The van der Waals surface area contributed by atoms with E-state index in [0.29, 0.717) is 19.4 Å². The van der Waals surface area contributed by atoms with E-state index in [-0.39, 0.29) is 18.6 Å². The van der Waals surface area contributed by atoms with E-state index in [9.17, 15) is 13.2 Å². The number of Topliss-reactive ketones (excluding diaryl/α,β-unsaturated/α-hetero) is 1. The van der Waals surface area contributed by atoms with Crippen LogP contribution < -0.4 is 10.0 Å². The summed E-state index contributed by atoms with van der Waals surface area (Å²) in [6, 6.07) is 8.19. The van der Waals surface area contributed by atoms with Crippen LogP contribution in [0.15, 0.2) is 48.6 Å². The summed E-state index contributed by atoms with van der Waals surface area (Å²) in [5.74, 6) is 0.0575. The molecule has 0 aromatic heterocycles. The van der Waals surface area contributed by atoms with Crippen molar-refractivity contribution in [2.45, 2.75) is 44.3 Å². The Kier molecular flexibility index (Phi) is 6.78. The predicted octanol–water partition coefficient (Wildman–Crippen LogP) is 3.10. The second-order valence-corrected chi connectivity index (χ2v) is 8.71.